The van der Waals surface area contributed by atoms with Crippen LogP contribution in [0.1, 0.15) is 17.5 Å². The van der Waals surface area contributed by atoms with Gasteiger partial charge in [0, 0.05) is 18.2 Å². The maximum atomic E-state index is 12.4. The fourth-order valence-corrected chi connectivity index (χ4v) is 5.10. The summed E-state index contributed by atoms with van der Waals surface area (Å²) in [6.45, 7) is 0.690. The van der Waals surface area contributed by atoms with Crippen molar-refractivity contribution in [2.45, 2.75) is 25.6 Å². The molecule has 1 unspecified atom stereocenters. The van der Waals surface area contributed by atoms with Crippen LogP contribution in [0.15, 0.2) is 54.6 Å². The van der Waals surface area contributed by atoms with Gasteiger partial charge in [-0.3, -0.25) is 4.79 Å². The first kappa shape index (κ1) is 19.7. The van der Waals surface area contributed by atoms with E-state index in [4.69, 9.17) is 16.3 Å². The van der Waals surface area contributed by atoms with Crippen molar-refractivity contribution in [3.05, 3.63) is 65.7 Å². The Morgan fingerprint density at radius 3 is 2.48 bits per heavy atom. The fraction of sp³-hybridized carbons (Fsp3) is 0.350. The number of amides is 1. The van der Waals surface area contributed by atoms with Crippen molar-refractivity contribution in [1.29, 1.82) is 0 Å². The minimum absolute atomic E-state index is 0.0112. The molecule has 1 amide bonds. The van der Waals surface area contributed by atoms with E-state index in [9.17, 15) is 13.2 Å². The molecule has 0 N–H and O–H groups in total. The summed E-state index contributed by atoms with van der Waals surface area (Å²) in [6.07, 6.45) is 0.442. The summed E-state index contributed by atoms with van der Waals surface area (Å²) < 4.78 is 29.6. The van der Waals surface area contributed by atoms with Crippen LogP contribution in [0.4, 0.5) is 0 Å². The average molecular weight is 408 g/mol. The standard InChI is InChI=1S/C20H22ClNO4S/c21-12-20(23)22(18-10-11-27(24,25)15-18)13-17-8-4-5-9-19(17)26-14-16-6-2-1-3-7-16/h1-9,18H,10-15H2. The van der Waals surface area contributed by atoms with Crippen LogP contribution in [0.25, 0.3) is 0 Å². The zero-order chi connectivity index (χ0) is 19.3. The molecule has 0 spiro atoms. The van der Waals surface area contributed by atoms with Gasteiger partial charge in [0.2, 0.25) is 5.91 Å². The Morgan fingerprint density at radius 2 is 1.81 bits per heavy atom. The summed E-state index contributed by atoms with van der Waals surface area (Å²) in [5, 5.41) is 0. The van der Waals surface area contributed by atoms with Crippen molar-refractivity contribution in [3.8, 4) is 5.75 Å². The third-order valence-corrected chi connectivity index (χ3v) is 6.61. The highest BCUT2D eigenvalue weighted by Gasteiger charge is 2.34. The number of hydrogen-bond acceptors (Lipinski definition) is 4. The van der Waals surface area contributed by atoms with Crippen molar-refractivity contribution < 1.29 is 17.9 Å². The van der Waals surface area contributed by atoms with Gasteiger partial charge in [-0.2, -0.15) is 0 Å². The third kappa shape index (κ3) is 5.23. The molecular formula is C20H22ClNO4S. The summed E-state index contributed by atoms with van der Waals surface area (Å²) in [5.41, 5.74) is 1.87. The molecule has 1 fully saturated rings. The van der Waals surface area contributed by atoms with E-state index in [2.05, 4.69) is 0 Å². The number of carbonyl (C=O) groups is 1. The average Bonchev–Trinajstić information content (AvgIpc) is 3.05. The van der Waals surface area contributed by atoms with Crippen molar-refractivity contribution in [2.24, 2.45) is 0 Å². The second-order valence-corrected chi connectivity index (χ2v) is 9.09. The van der Waals surface area contributed by atoms with Crippen LogP contribution in [0.5, 0.6) is 5.75 Å². The van der Waals surface area contributed by atoms with Gasteiger partial charge in [-0.05, 0) is 18.1 Å². The van der Waals surface area contributed by atoms with Crippen LogP contribution in [0.3, 0.4) is 0 Å². The number of rotatable bonds is 7. The normalized spacial score (nSPS) is 18.2. The summed E-state index contributed by atoms with van der Waals surface area (Å²) in [4.78, 5) is 13.9. The lowest BCUT2D eigenvalue weighted by atomic mass is 10.1. The molecular weight excluding hydrogens is 386 g/mol. The molecule has 1 aliphatic rings. The molecule has 7 heteroatoms. The van der Waals surface area contributed by atoms with E-state index in [1.165, 1.54) is 0 Å². The predicted molar refractivity (Wildman–Crippen MR) is 106 cm³/mol. The Bertz CT molecular complexity index is 886. The number of benzene rings is 2. The lowest BCUT2D eigenvalue weighted by Crippen LogP contribution is -2.41. The van der Waals surface area contributed by atoms with Gasteiger partial charge in [0.25, 0.3) is 0 Å². The second kappa shape index (κ2) is 8.76. The largest absolute Gasteiger partial charge is 0.489 e. The number of nitrogens with zero attached hydrogens (tertiary/aromatic N) is 1. The summed E-state index contributed by atoms with van der Waals surface area (Å²) in [6, 6.07) is 17.0. The zero-order valence-corrected chi connectivity index (χ0v) is 16.5. The van der Waals surface area contributed by atoms with E-state index in [-0.39, 0.29) is 35.9 Å². The molecule has 27 heavy (non-hydrogen) atoms. The van der Waals surface area contributed by atoms with Gasteiger partial charge in [0.15, 0.2) is 9.84 Å². The first-order valence-corrected chi connectivity index (χ1v) is 11.1. The predicted octanol–water partition coefficient (Wildman–Crippen LogP) is 3.02. The van der Waals surface area contributed by atoms with E-state index in [0.717, 1.165) is 11.1 Å². The Hall–Kier alpha value is -2.05. The lowest BCUT2D eigenvalue weighted by molar-refractivity contribution is -0.131. The molecule has 2 aromatic carbocycles. The number of sulfone groups is 1. The van der Waals surface area contributed by atoms with Crippen molar-refractivity contribution >= 4 is 27.3 Å². The van der Waals surface area contributed by atoms with Gasteiger partial charge in [-0.15, -0.1) is 11.6 Å². The van der Waals surface area contributed by atoms with E-state index in [1.807, 2.05) is 54.6 Å². The van der Waals surface area contributed by atoms with Crippen LogP contribution < -0.4 is 4.74 Å². The first-order chi connectivity index (χ1) is 13.0. The fourth-order valence-electron chi connectivity index (χ4n) is 3.21. The number of para-hydroxylation sites is 1. The molecule has 0 saturated carbocycles. The Kier molecular flexibility index (Phi) is 6.39. The van der Waals surface area contributed by atoms with Crippen molar-refractivity contribution in [1.82, 2.24) is 4.90 Å². The quantitative estimate of drug-likeness (QED) is 0.662. The highest BCUT2D eigenvalue weighted by molar-refractivity contribution is 7.91. The monoisotopic (exact) mass is 407 g/mol. The highest BCUT2D eigenvalue weighted by atomic mass is 35.5. The summed E-state index contributed by atoms with van der Waals surface area (Å²) in [7, 11) is -3.10. The zero-order valence-electron chi connectivity index (χ0n) is 14.9. The minimum Gasteiger partial charge on any atom is -0.489 e. The van der Waals surface area contributed by atoms with Crippen molar-refractivity contribution in [3.63, 3.8) is 0 Å². The molecule has 1 atom stereocenters. The third-order valence-electron chi connectivity index (χ3n) is 4.63. The number of alkyl halides is 1. The molecule has 0 aromatic heterocycles. The number of ether oxygens (including phenoxy) is 1. The summed E-state index contributed by atoms with van der Waals surface area (Å²) in [5.74, 6) is 0.327. The maximum absolute atomic E-state index is 12.4. The molecule has 1 aliphatic heterocycles. The smallest absolute Gasteiger partial charge is 0.238 e. The Balaban J connectivity index is 1.77. The van der Waals surface area contributed by atoms with Crippen LogP contribution in [0.2, 0.25) is 0 Å². The van der Waals surface area contributed by atoms with Gasteiger partial charge >= 0.3 is 0 Å². The Morgan fingerprint density at radius 1 is 1.11 bits per heavy atom. The maximum Gasteiger partial charge on any atom is 0.238 e. The van der Waals surface area contributed by atoms with Crippen LogP contribution >= 0.6 is 11.6 Å². The second-order valence-electron chi connectivity index (χ2n) is 6.59. The molecule has 144 valence electrons. The first-order valence-electron chi connectivity index (χ1n) is 8.79. The van der Waals surface area contributed by atoms with Gasteiger partial charge in [0.05, 0.1) is 11.5 Å². The molecule has 3 rings (SSSR count). The Labute approximate surface area is 164 Å². The van der Waals surface area contributed by atoms with Crippen LogP contribution in [-0.4, -0.2) is 42.7 Å². The molecule has 0 aliphatic carbocycles. The van der Waals surface area contributed by atoms with E-state index in [0.29, 0.717) is 18.8 Å². The molecule has 1 saturated heterocycles. The molecule has 1 heterocycles. The SMILES string of the molecule is O=C(CCl)N(Cc1ccccc1OCc1ccccc1)C1CCS(=O)(=O)C1. The molecule has 0 bridgehead atoms. The molecule has 2 aromatic rings. The minimum atomic E-state index is -3.10. The van der Waals surface area contributed by atoms with E-state index < -0.39 is 9.84 Å². The lowest BCUT2D eigenvalue weighted by Gasteiger charge is -2.28. The van der Waals surface area contributed by atoms with E-state index in [1.54, 1.807) is 4.90 Å². The van der Waals surface area contributed by atoms with Crippen LogP contribution in [0, 0.1) is 0 Å². The number of hydrogen-bond donors (Lipinski definition) is 0. The van der Waals surface area contributed by atoms with Crippen LogP contribution in [-0.2, 0) is 27.8 Å². The van der Waals surface area contributed by atoms with Crippen molar-refractivity contribution in [2.75, 3.05) is 17.4 Å². The van der Waals surface area contributed by atoms with Gasteiger partial charge in [-0.25, -0.2) is 8.42 Å². The summed E-state index contributed by atoms with van der Waals surface area (Å²) >= 11 is 5.77. The van der Waals surface area contributed by atoms with Gasteiger partial charge in [0.1, 0.15) is 18.2 Å². The topological polar surface area (TPSA) is 63.7 Å². The van der Waals surface area contributed by atoms with Gasteiger partial charge < -0.3 is 9.64 Å². The molecule has 5 nitrogen and oxygen atoms in total. The highest BCUT2D eigenvalue weighted by Crippen LogP contribution is 2.25. The molecule has 0 radical (unpaired) electrons. The number of carbonyl (C=O) groups excluding carboxylic acids is 1. The van der Waals surface area contributed by atoms with Gasteiger partial charge in [-0.1, -0.05) is 48.5 Å². The van der Waals surface area contributed by atoms with E-state index >= 15 is 0 Å². The number of halogens is 1.